The lowest BCUT2D eigenvalue weighted by Crippen LogP contribution is -2.29. The number of nitrogens with one attached hydrogen (secondary N) is 1. The van der Waals surface area contributed by atoms with E-state index in [1.807, 2.05) is 24.3 Å². The Morgan fingerprint density at radius 2 is 1.67 bits per heavy atom. The smallest absolute Gasteiger partial charge is 0.491 e. The zero-order valence-electron chi connectivity index (χ0n) is 15.8. The largest absolute Gasteiger partial charge is 0.494 e. The number of hydrogen-bond acceptors (Lipinski definition) is 5. The molecule has 0 bridgehead atoms. The predicted molar refractivity (Wildman–Crippen MR) is 94.4 cm³/mol. The van der Waals surface area contributed by atoms with Crippen LogP contribution in [0.25, 0.3) is 0 Å². The first-order valence-electron chi connectivity index (χ1n) is 8.72. The molecule has 152 valence electrons. The average Bonchev–Trinajstić information content (AvgIpc) is 2.54. The van der Waals surface area contributed by atoms with Crippen LogP contribution in [0.4, 0.5) is 13.2 Å². The Bertz CT molecular complexity index is 607. The van der Waals surface area contributed by atoms with Gasteiger partial charge < -0.3 is 14.8 Å². The van der Waals surface area contributed by atoms with E-state index in [1.54, 1.807) is 0 Å². The molecule has 0 fully saturated rings. The van der Waals surface area contributed by atoms with E-state index in [9.17, 15) is 22.8 Å². The van der Waals surface area contributed by atoms with Crippen molar-refractivity contribution in [2.75, 3.05) is 19.7 Å². The van der Waals surface area contributed by atoms with Crippen molar-refractivity contribution in [1.82, 2.24) is 5.32 Å². The van der Waals surface area contributed by atoms with Crippen LogP contribution in [0.5, 0.6) is 5.75 Å². The van der Waals surface area contributed by atoms with Crippen LogP contribution in [0.3, 0.4) is 0 Å². The molecular weight excluding hydrogens is 363 g/mol. The fourth-order valence-electron chi connectivity index (χ4n) is 1.99. The molecule has 1 aromatic rings. The molecule has 0 aliphatic rings. The van der Waals surface area contributed by atoms with Crippen LogP contribution in [0.2, 0.25) is 0 Å². The molecule has 0 amide bonds. The molecule has 5 nitrogen and oxygen atoms in total. The Balaban J connectivity index is 2.20. The third-order valence-corrected chi connectivity index (χ3v) is 3.58. The molecule has 1 aromatic carbocycles. The molecule has 0 atom stereocenters. The Kier molecular flexibility index (Phi) is 8.75. The second kappa shape index (κ2) is 10.3. The van der Waals surface area contributed by atoms with Crippen molar-refractivity contribution in [3.8, 4) is 5.75 Å². The van der Waals surface area contributed by atoms with Crippen molar-refractivity contribution in [3.63, 3.8) is 0 Å². The highest BCUT2D eigenvalue weighted by Crippen LogP contribution is 2.20. The van der Waals surface area contributed by atoms with Gasteiger partial charge in [0, 0.05) is 6.54 Å². The number of esters is 2. The Morgan fingerprint density at radius 3 is 2.22 bits per heavy atom. The van der Waals surface area contributed by atoms with Crippen LogP contribution in [0.15, 0.2) is 24.3 Å². The van der Waals surface area contributed by atoms with Crippen molar-refractivity contribution in [3.05, 3.63) is 29.8 Å². The van der Waals surface area contributed by atoms with Crippen molar-refractivity contribution in [2.24, 2.45) is 5.41 Å². The molecule has 0 aliphatic heterocycles. The number of carbonyl (C=O) groups excluding carboxylic acids is 2. The third kappa shape index (κ3) is 10.6. The molecule has 8 heteroatoms. The minimum absolute atomic E-state index is 0.123. The zero-order chi connectivity index (χ0) is 20.5. The number of benzene rings is 1. The summed E-state index contributed by atoms with van der Waals surface area (Å²) in [6.07, 6.45) is -3.84. The summed E-state index contributed by atoms with van der Waals surface area (Å²) in [6, 6.07) is 7.64. The SMILES string of the molecule is CC(C)(C)CCOc1ccc(CCNCCC(=O)OC(=O)C(F)(F)F)cc1. The van der Waals surface area contributed by atoms with E-state index in [4.69, 9.17) is 4.74 Å². The fraction of sp³-hybridized carbons (Fsp3) is 0.579. The van der Waals surface area contributed by atoms with E-state index < -0.39 is 18.1 Å². The number of hydrogen-bond donors (Lipinski definition) is 1. The van der Waals surface area contributed by atoms with Crippen LogP contribution in [0.1, 0.15) is 39.2 Å². The van der Waals surface area contributed by atoms with Crippen LogP contribution >= 0.6 is 0 Å². The normalized spacial score (nSPS) is 11.9. The van der Waals surface area contributed by atoms with Crippen molar-refractivity contribution in [2.45, 2.75) is 46.2 Å². The highest BCUT2D eigenvalue weighted by Gasteiger charge is 2.42. The van der Waals surface area contributed by atoms with Crippen molar-refractivity contribution < 1.29 is 32.2 Å². The molecule has 0 spiro atoms. The van der Waals surface area contributed by atoms with Gasteiger partial charge in [-0.1, -0.05) is 32.9 Å². The van der Waals surface area contributed by atoms with E-state index in [0.717, 1.165) is 17.7 Å². The van der Waals surface area contributed by atoms with Crippen LogP contribution in [-0.2, 0) is 20.7 Å². The van der Waals surface area contributed by atoms with E-state index in [1.165, 1.54) is 0 Å². The summed E-state index contributed by atoms with van der Waals surface area (Å²) >= 11 is 0. The summed E-state index contributed by atoms with van der Waals surface area (Å²) in [6.45, 7) is 7.76. The number of halogens is 3. The first-order valence-corrected chi connectivity index (χ1v) is 8.72. The monoisotopic (exact) mass is 389 g/mol. The van der Waals surface area contributed by atoms with E-state index in [0.29, 0.717) is 19.6 Å². The molecule has 0 radical (unpaired) electrons. The highest BCUT2D eigenvalue weighted by molar-refractivity contribution is 5.88. The Hall–Kier alpha value is -2.09. The van der Waals surface area contributed by atoms with Gasteiger partial charge in [-0.3, -0.25) is 4.79 Å². The second-order valence-corrected chi connectivity index (χ2v) is 7.31. The lowest BCUT2D eigenvalue weighted by Gasteiger charge is -2.18. The second-order valence-electron chi connectivity index (χ2n) is 7.31. The molecule has 0 heterocycles. The third-order valence-electron chi connectivity index (χ3n) is 3.58. The van der Waals surface area contributed by atoms with Gasteiger partial charge in [0.2, 0.25) is 0 Å². The standard InChI is InChI=1S/C19H26F3NO4/c1-18(2,3)10-13-26-15-6-4-14(5-7-15)8-11-23-12-9-16(24)27-17(25)19(20,21)22/h4-7,23H,8-13H2,1-3H3. The molecule has 27 heavy (non-hydrogen) atoms. The van der Waals surface area contributed by atoms with Gasteiger partial charge in [0.1, 0.15) is 5.75 Å². The summed E-state index contributed by atoms with van der Waals surface area (Å²) in [5.74, 6) is -2.90. The lowest BCUT2D eigenvalue weighted by atomic mass is 9.93. The summed E-state index contributed by atoms with van der Waals surface area (Å²) in [5.41, 5.74) is 1.28. The molecule has 0 aromatic heterocycles. The number of alkyl halides is 3. The van der Waals surface area contributed by atoms with E-state index in [2.05, 4.69) is 30.8 Å². The van der Waals surface area contributed by atoms with E-state index in [-0.39, 0.29) is 18.4 Å². The predicted octanol–water partition coefficient (Wildman–Crippen LogP) is 3.66. The molecule has 0 aliphatic carbocycles. The average molecular weight is 389 g/mol. The van der Waals surface area contributed by atoms with Gasteiger partial charge in [0.25, 0.3) is 0 Å². The minimum atomic E-state index is -5.16. The van der Waals surface area contributed by atoms with Crippen molar-refractivity contribution >= 4 is 11.9 Å². The van der Waals surface area contributed by atoms with Crippen LogP contribution < -0.4 is 10.1 Å². The fourth-order valence-corrected chi connectivity index (χ4v) is 1.99. The quantitative estimate of drug-likeness (QED) is 0.397. The lowest BCUT2D eigenvalue weighted by molar-refractivity contribution is -0.201. The first kappa shape index (κ1) is 23.0. The number of ether oxygens (including phenoxy) is 2. The minimum Gasteiger partial charge on any atom is -0.494 e. The highest BCUT2D eigenvalue weighted by atomic mass is 19.4. The molecule has 0 saturated carbocycles. The number of carbonyl (C=O) groups is 2. The summed E-state index contributed by atoms with van der Waals surface area (Å²) in [4.78, 5) is 21.6. The first-order chi connectivity index (χ1) is 12.5. The summed E-state index contributed by atoms with van der Waals surface area (Å²) in [5, 5.41) is 2.92. The van der Waals surface area contributed by atoms with Gasteiger partial charge in [-0.25, -0.2) is 4.79 Å². The van der Waals surface area contributed by atoms with Gasteiger partial charge >= 0.3 is 18.1 Å². The molecular formula is C19H26F3NO4. The van der Waals surface area contributed by atoms with Gasteiger partial charge in [-0.05, 0) is 42.5 Å². The van der Waals surface area contributed by atoms with Gasteiger partial charge in [-0.2, -0.15) is 13.2 Å². The van der Waals surface area contributed by atoms with Gasteiger partial charge in [-0.15, -0.1) is 0 Å². The molecule has 0 saturated heterocycles. The van der Waals surface area contributed by atoms with Crippen molar-refractivity contribution in [1.29, 1.82) is 0 Å². The topological polar surface area (TPSA) is 64.6 Å². The maximum atomic E-state index is 11.9. The van der Waals surface area contributed by atoms with Crippen LogP contribution in [0, 0.1) is 5.41 Å². The van der Waals surface area contributed by atoms with E-state index >= 15 is 0 Å². The van der Waals surface area contributed by atoms with Gasteiger partial charge in [0.05, 0.1) is 13.0 Å². The van der Waals surface area contributed by atoms with Crippen LogP contribution in [-0.4, -0.2) is 37.8 Å². The zero-order valence-corrected chi connectivity index (χ0v) is 15.8. The summed E-state index contributed by atoms with van der Waals surface area (Å²) < 4.78 is 45.2. The maximum Gasteiger partial charge on any atom is 0.491 e. The number of rotatable bonds is 9. The summed E-state index contributed by atoms with van der Waals surface area (Å²) in [7, 11) is 0. The molecule has 1 N–H and O–H groups in total. The Labute approximate surface area is 157 Å². The van der Waals surface area contributed by atoms with Gasteiger partial charge in [0.15, 0.2) is 0 Å². The molecule has 0 unspecified atom stereocenters. The Morgan fingerprint density at radius 1 is 1.04 bits per heavy atom. The maximum absolute atomic E-state index is 11.9. The molecule has 1 rings (SSSR count).